The number of rotatable bonds is 4. The Morgan fingerprint density at radius 2 is 1.84 bits per heavy atom. The molecule has 0 radical (unpaired) electrons. The molecule has 0 bridgehead atoms. The lowest BCUT2D eigenvalue weighted by atomic mass is 9.81. The minimum absolute atomic E-state index is 0.693. The van der Waals surface area contributed by atoms with E-state index >= 15 is 0 Å². The molecule has 1 aromatic rings. The van der Waals surface area contributed by atoms with Gasteiger partial charge < -0.3 is 5.32 Å². The summed E-state index contributed by atoms with van der Waals surface area (Å²) in [4.78, 5) is 0. The first-order valence-electron chi connectivity index (χ1n) is 8.11. The topological polar surface area (TPSA) is 12.0 Å². The molecule has 0 saturated heterocycles. The number of hydrogen-bond donors (Lipinski definition) is 1. The van der Waals surface area contributed by atoms with Crippen molar-refractivity contribution in [2.75, 3.05) is 6.54 Å². The Balaban J connectivity index is 1.40. The summed E-state index contributed by atoms with van der Waals surface area (Å²) in [5.41, 5.74) is 3.12. The highest BCUT2D eigenvalue weighted by Gasteiger charge is 2.22. The highest BCUT2D eigenvalue weighted by atomic mass is 14.9. The molecule has 2 atom stereocenters. The van der Waals surface area contributed by atoms with E-state index in [4.69, 9.17) is 0 Å². The molecule has 1 fully saturated rings. The Bertz CT molecular complexity index is 387. The van der Waals surface area contributed by atoms with Crippen LogP contribution in [0.25, 0.3) is 0 Å². The first-order valence-corrected chi connectivity index (χ1v) is 8.11. The van der Waals surface area contributed by atoms with Crippen LogP contribution in [0.3, 0.4) is 0 Å². The lowest BCUT2D eigenvalue weighted by Gasteiger charge is -2.27. The van der Waals surface area contributed by atoms with Gasteiger partial charge in [0.2, 0.25) is 0 Å². The molecule has 1 aromatic carbocycles. The van der Waals surface area contributed by atoms with Gasteiger partial charge in [-0.2, -0.15) is 0 Å². The third-order valence-electron chi connectivity index (χ3n) is 5.08. The van der Waals surface area contributed by atoms with E-state index in [0.29, 0.717) is 6.04 Å². The average Bonchev–Trinajstić information content (AvgIpc) is 2.81. The fraction of sp³-hybridized carbons (Fsp3) is 0.667. The van der Waals surface area contributed by atoms with E-state index in [1.54, 1.807) is 11.1 Å². The maximum atomic E-state index is 3.79. The van der Waals surface area contributed by atoms with Crippen LogP contribution >= 0.6 is 0 Å². The Hall–Kier alpha value is -0.820. The van der Waals surface area contributed by atoms with Gasteiger partial charge >= 0.3 is 0 Å². The molecule has 0 spiro atoms. The number of nitrogens with one attached hydrogen (secondary N) is 1. The largest absolute Gasteiger partial charge is 0.313 e. The van der Waals surface area contributed by atoms with E-state index in [1.165, 1.54) is 51.5 Å². The number of benzene rings is 1. The highest BCUT2D eigenvalue weighted by Crippen LogP contribution is 2.30. The van der Waals surface area contributed by atoms with Crippen molar-refractivity contribution in [3.8, 4) is 0 Å². The summed E-state index contributed by atoms with van der Waals surface area (Å²) in [5.74, 6) is 1.95. The van der Waals surface area contributed by atoms with Crippen molar-refractivity contribution >= 4 is 0 Å². The van der Waals surface area contributed by atoms with E-state index in [2.05, 4.69) is 36.5 Å². The van der Waals surface area contributed by atoms with E-state index in [-0.39, 0.29) is 0 Å². The number of hydrogen-bond acceptors (Lipinski definition) is 1. The van der Waals surface area contributed by atoms with Gasteiger partial charge in [0, 0.05) is 6.04 Å². The lowest BCUT2D eigenvalue weighted by Crippen LogP contribution is -2.31. The van der Waals surface area contributed by atoms with E-state index in [0.717, 1.165) is 11.8 Å². The van der Waals surface area contributed by atoms with Crippen molar-refractivity contribution in [3.63, 3.8) is 0 Å². The zero-order valence-corrected chi connectivity index (χ0v) is 12.2. The van der Waals surface area contributed by atoms with Crippen LogP contribution in [0.5, 0.6) is 0 Å². The normalized spacial score (nSPS) is 27.4. The molecule has 2 aliphatic carbocycles. The van der Waals surface area contributed by atoms with Crippen LogP contribution in [-0.2, 0) is 12.8 Å². The molecule has 0 amide bonds. The van der Waals surface area contributed by atoms with Crippen molar-refractivity contribution in [2.45, 2.75) is 57.9 Å². The SMILES string of the molecule is CC1CCCC(CCNC2Cc3ccccc3C2)C1. The molecule has 19 heavy (non-hydrogen) atoms. The van der Waals surface area contributed by atoms with Crippen LogP contribution in [-0.4, -0.2) is 12.6 Å². The predicted molar refractivity (Wildman–Crippen MR) is 81.4 cm³/mol. The maximum Gasteiger partial charge on any atom is 0.0148 e. The van der Waals surface area contributed by atoms with Gasteiger partial charge in [-0.15, -0.1) is 0 Å². The van der Waals surface area contributed by atoms with Gasteiger partial charge in [0.1, 0.15) is 0 Å². The third kappa shape index (κ3) is 3.39. The molecule has 0 aliphatic heterocycles. The van der Waals surface area contributed by atoms with Gasteiger partial charge in [0.25, 0.3) is 0 Å². The molecule has 104 valence electrons. The summed E-state index contributed by atoms with van der Waals surface area (Å²) in [7, 11) is 0. The summed E-state index contributed by atoms with van der Waals surface area (Å²) in [6.07, 6.45) is 9.71. The molecule has 1 saturated carbocycles. The second kappa shape index (κ2) is 6.09. The van der Waals surface area contributed by atoms with Crippen LogP contribution in [0, 0.1) is 11.8 Å². The Labute approximate surface area is 117 Å². The van der Waals surface area contributed by atoms with Crippen LogP contribution < -0.4 is 5.32 Å². The summed E-state index contributed by atoms with van der Waals surface area (Å²) in [5, 5.41) is 3.79. The Kier molecular flexibility index (Phi) is 4.22. The van der Waals surface area contributed by atoms with Gasteiger partial charge in [0.15, 0.2) is 0 Å². The number of fused-ring (bicyclic) bond motifs is 1. The summed E-state index contributed by atoms with van der Waals surface area (Å²) in [6.45, 7) is 3.64. The van der Waals surface area contributed by atoms with Crippen molar-refractivity contribution < 1.29 is 0 Å². The zero-order valence-electron chi connectivity index (χ0n) is 12.2. The third-order valence-corrected chi connectivity index (χ3v) is 5.08. The molecule has 1 nitrogen and oxygen atoms in total. The second-order valence-electron chi connectivity index (χ2n) is 6.75. The first kappa shape index (κ1) is 13.2. The van der Waals surface area contributed by atoms with E-state index in [9.17, 15) is 0 Å². The van der Waals surface area contributed by atoms with Crippen molar-refractivity contribution in [2.24, 2.45) is 11.8 Å². The summed E-state index contributed by atoms with van der Waals surface area (Å²) < 4.78 is 0. The minimum Gasteiger partial charge on any atom is -0.313 e. The highest BCUT2D eigenvalue weighted by molar-refractivity contribution is 5.33. The zero-order chi connectivity index (χ0) is 13.1. The minimum atomic E-state index is 0.693. The fourth-order valence-corrected chi connectivity index (χ4v) is 4.02. The van der Waals surface area contributed by atoms with Crippen LogP contribution in [0.2, 0.25) is 0 Å². The molecule has 2 aliphatic rings. The molecule has 2 unspecified atom stereocenters. The van der Waals surface area contributed by atoms with Gasteiger partial charge in [-0.3, -0.25) is 0 Å². The smallest absolute Gasteiger partial charge is 0.0148 e. The van der Waals surface area contributed by atoms with Crippen molar-refractivity contribution in [1.82, 2.24) is 5.32 Å². The molecule has 3 rings (SSSR count). The van der Waals surface area contributed by atoms with Crippen molar-refractivity contribution in [3.05, 3.63) is 35.4 Å². The first-order chi connectivity index (χ1) is 9.31. The molecule has 1 heteroatoms. The average molecular weight is 257 g/mol. The predicted octanol–water partition coefficient (Wildman–Crippen LogP) is 3.96. The van der Waals surface area contributed by atoms with Crippen molar-refractivity contribution in [1.29, 1.82) is 0 Å². The summed E-state index contributed by atoms with van der Waals surface area (Å²) in [6, 6.07) is 9.62. The molecule has 0 heterocycles. The quantitative estimate of drug-likeness (QED) is 0.861. The molecular formula is C18H27N. The van der Waals surface area contributed by atoms with Crippen LogP contribution in [0.1, 0.15) is 50.2 Å². The molecule has 0 aromatic heterocycles. The van der Waals surface area contributed by atoms with E-state index in [1.807, 2.05) is 0 Å². The van der Waals surface area contributed by atoms with Gasteiger partial charge in [0.05, 0.1) is 0 Å². The molecule has 1 N–H and O–H groups in total. The lowest BCUT2D eigenvalue weighted by molar-refractivity contribution is 0.265. The van der Waals surface area contributed by atoms with Crippen LogP contribution in [0.4, 0.5) is 0 Å². The van der Waals surface area contributed by atoms with Gasteiger partial charge in [-0.1, -0.05) is 50.5 Å². The Morgan fingerprint density at radius 1 is 1.11 bits per heavy atom. The fourth-order valence-electron chi connectivity index (χ4n) is 4.02. The van der Waals surface area contributed by atoms with Gasteiger partial charge in [-0.25, -0.2) is 0 Å². The standard InChI is InChI=1S/C18H27N/c1-14-5-4-6-15(11-14)9-10-19-18-12-16-7-2-3-8-17(16)13-18/h2-3,7-8,14-15,18-19H,4-6,9-13H2,1H3. The summed E-state index contributed by atoms with van der Waals surface area (Å²) >= 11 is 0. The maximum absolute atomic E-state index is 3.79. The van der Waals surface area contributed by atoms with Crippen LogP contribution in [0.15, 0.2) is 24.3 Å². The molecular weight excluding hydrogens is 230 g/mol. The van der Waals surface area contributed by atoms with E-state index < -0.39 is 0 Å². The second-order valence-corrected chi connectivity index (χ2v) is 6.75. The van der Waals surface area contributed by atoms with Gasteiger partial charge in [-0.05, 0) is 55.2 Å². The monoisotopic (exact) mass is 257 g/mol. The Morgan fingerprint density at radius 3 is 2.53 bits per heavy atom.